The lowest BCUT2D eigenvalue weighted by Crippen LogP contribution is -2.32. The standard InChI is InChI=1S/C22H27N3O5/c1-4-5-6-13-30-18-10-8-17(9-11-18)24-21(26)22(27)25-23-15-16-7-12-19(28-2)20(14-16)29-3/h7-12,14-15H,4-6,13H2,1-3H3,(H,24,26)(H,25,27). The molecule has 0 aliphatic carbocycles. The maximum Gasteiger partial charge on any atom is 0.329 e. The fourth-order valence-corrected chi connectivity index (χ4v) is 2.51. The molecule has 0 heterocycles. The highest BCUT2D eigenvalue weighted by molar-refractivity contribution is 6.39. The predicted molar refractivity (Wildman–Crippen MR) is 115 cm³/mol. The quantitative estimate of drug-likeness (QED) is 0.269. The number of unbranched alkanes of at least 4 members (excludes halogenated alkanes) is 2. The van der Waals surface area contributed by atoms with Crippen molar-refractivity contribution in [3.8, 4) is 17.2 Å². The van der Waals surface area contributed by atoms with Gasteiger partial charge in [0.15, 0.2) is 11.5 Å². The summed E-state index contributed by atoms with van der Waals surface area (Å²) in [6.45, 7) is 2.79. The first-order valence-corrected chi connectivity index (χ1v) is 9.66. The zero-order valence-corrected chi connectivity index (χ0v) is 17.4. The zero-order chi connectivity index (χ0) is 21.8. The lowest BCUT2D eigenvalue weighted by atomic mass is 10.2. The molecule has 0 aliphatic rings. The Balaban J connectivity index is 1.83. The van der Waals surface area contributed by atoms with E-state index in [0.717, 1.165) is 19.3 Å². The van der Waals surface area contributed by atoms with Gasteiger partial charge in [-0.3, -0.25) is 9.59 Å². The molecule has 2 amide bonds. The van der Waals surface area contributed by atoms with Crippen molar-refractivity contribution in [3.05, 3.63) is 48.0 Å². The summed E-state index contributed by atoms with van der Waals surface area (Å²) in [5.74, 6) is 0.120. The van der Waals surface area contributed by atoms with Gasteiger partial charge in [-0.1, -0.05) is 19.8 Å². The Bertz CT molecular complexity index is 866. The number of hydrogen-bond acceptors (Lipinski definition) is 6. The highest BCUT2D eigenvalue weighted by atomic mass is 16.5. The molecule has 0 atom stereocenters. The topological polar surface area (TPSA) is 98.2 Å². The largest absolute Gasteiger partial charge is 0.494 e. The number of anilines is 1. The molecule has 0 saturated carbocycles. The van der Waals surface area contributed by atoms with Crippen molar-refractivity contribution in [2.24, 2.45) is 5.10 Å². The summed E-state index contributed by atoms with van der Waals surface area (Å²) in [5.41, 5.74) is 3.35. The molecule has 160 valence electrons. The van der Waals surface area contributed by atoms with Crippen molar-refractivity contribution in [2.45, 2.75) is 26.2 Å². The maximum absolute atomic E-state index is 12.0. The minimum absolute atomic E-state index is 0.486. The number of hydrogen-bond donors (Lipinski definition) is 2. The smallest absolute Gasteiger partial charge is 0.329 e. The summed E-state index contributed by atoms with van der Waals surface area (Å²) in [6.07, 6.45) is 4.66. The molecule has 0 radical (unpaired) electrons. The van der Waals surface area contributed by atoms with Crippen molar-refractivity contribution in [2.75, 3.05) is 26.1 Å². The summed E-state index contributed by atoms with van der Waals surface area (Å²) in [7, 11) is 3.06. The molecule has 0 aromatic heterocycles. The second-order valence-corrected chi connectivity index (χ2v) is 6.35. The van der Waals surface area contributed by atoms with E-state index in [0.29, 0.717) is 35.1 Å². The Labute approximate surface area is 176 Å². The van der Waals surface area contributed by atoms with Crippen LogP contribution in [0.5, 0.6) is 17.2 Å². The highest BCUT2D eigenvalue weighted by Crippen LogP contribution is 2.26. The van der Waals surface area contributed by atoms with Gasteiger partial charge in [0, 0.05) is 5.69 Å². The van der Waals surface area contributed by atoms with Gasteiger partial charge in [-0.05, 0) is 54.4 Å². The van der Waals surface area contributed by atoms with Crippen LogP contribution in [-0.4, -0.2) is 38.9 Å². The molecular weight excluding hydrogens is 386 g/mol. The van der Waals surface area contributed by atoms with Gasteiger partial charge in [0.2, 0.25) is 0 Å². The van der Waals surface area contributed by atoms with E-state index in [2.05, 4.69) is 22.8 Å². The first-order valence-electron chi connectivity index (χ1n) is 9.66. The van der Waals surface area contributed by atoms with Crippen LogP contribution in [0.3, 0.4) is 0 Å². The third-order valence-electron chi connectivity index (χ3n) is 4.12. The monoisotopic (exact) mass is 413 g/mol. The van der Waals surface area contributed by atoms with E-state index in [-0.39, 0.29) is 0 Å². The minimum Gasteiger partial charge on any atom is -0.494 e. The number of nitrogens with zero attached hydrogens (tertiary/aromatic N) is 1. The molecule has 30 heavy (non-hydrogen) atoms. The van der Waals surface area contributed by atoms with Crippen molar-refractivity contribution >= 4 is 23.7 Å². The second-order valence-electron chi connectivity index (χ2n) is 6.35. The summed E-state index contributed by atoms with van der Waals surface area (Å²) in [4.78, 5) is 23.9. The molecule has 2 N–H and O–H groups in total. The van der Waals surface area contributed by atoms with Crippen LogP contribution in [0.15, 0.2) is 47.6 Å². The van der Waals surface area contributed by atoms with Crippen molar-refractivity contribution < 1.29 is 23.8 Å². The number of rotatable bonds is 10. The molecule has 0 saturated heterocycles. The average molecular weight is 413 g/mol. The molecule has 0 fully saturated rings. The number of carbonyl (C=O) groups excluding carboxylic acids is 2. The number of benzene rings is 2. The van der Waals surface area contributed by atoms with E-state index in [1.807, 2.05) is 0 Å². The Morgan fingerprint density at radius 1 is 0.967 bits per heavy atom. The second kappa shape index (κ2) is 12.1. The third-order valence-corrected chi connectivity index (χ3v) is 4.12. The van der Waals surface area contributed by atoms with Crippen LogP contribution in [0, 0.1) is 0 Å². The van der Waals surface area contributed by atoms with Crippen LogP contribution in [0.4, 0.5) is 5.69 Å². The van der Waals surface area contributed by atoms with Gasteiger partial charge in [0.05, 0.1) is 27.0 Å². The number of ether oxygens (including phenoxy) is 3. The molecule has 2 aromatic rings. The summed E-state index contributed by atoms with van der Waals surface area (Å²) < 4.78 is 16.0. The maximum atomic E-state index is 12.0. The van der Waals surface area contributed by atoms with E-state index in [9.17, 15) is 9.59 Å². The molecular formula is C22H27N3O5. The molecule has 8 nitrogen and oxygen atoms in total. The van der Waals surface area contributed by atoms with Crippen molar-refractivity contribution in [1.29, 1.82) is 0 Å². The van der Waals surface area contributed by atoms with Crippen LogP contribution >= 0.6 is 0 Å². The van der Waals surface area contributed by atoms with E-state index >= 15 is 0 Å². The minimum atomic E-state index is -0.883. The van der Waals surface area contributed by atoms with Crippen molar-refractivity contribution in [3.63, 3.8) is 0 Å². The van der Waals surface area contributed by atoms with Crippen LogP contribution in [0.2, 0.25) is 0 Å². The Morgan fingerprint density at radius 2 is 1.70 bits per heavy atom. The van der Waals surface area contributed by atoms with Crippen molar-refractivity contribution in [1.82, 2.24) is 5.43 Å². The normalized spacial score (nSPS) is 10.5. The molecule has 2 rings (SSSR count). The van der Waals surface area contributed by atoms with E-state index in [1.54, 1.807) is 49.6 Å². The SMILES string of the molecule is CCCCCOc1ccc(NC(=O)C(=O)NN=Cc2ccc(OC)c(OC)c2)cc1. The molecule has 8 heteroatoms. The van der Waals surface area contributed by atoms with E-state index in [1.165, 1.54) is 13.3 Å². The first kappa shape index (κ1) is 22.7. The Hall–Kier alpha value is -3.55. The number of methoxy groups -OCH3 is 2. The van der Waals surface area contributed by atoms with Crippen LogP contribution in [0.25, 0.3) is 0 Å². The number of amides is 2. The molecule has 0 unspecified atom stereocenters. The van der Waals surface area contributed by atoms with Gasteiger partial charge in [0.1, 0.15) is 5.75 Å². The lowest BCUT2D eigenvalue weighted by molar-refractivity contribution is -0.136. The third kappa shape index (κ3) is 7.12. The number of nitrogens with one attached hydrogen (secondary N) is 2. The van der Waals surface area contributed by atoms with Gasteiger partial charge in [-0.15, -0.1) is 0 Å². The number of hydrazone groups is 1. The van der Waals surface area contributed by atoms with Gasteiger partial charge in [-0.2, -0.15) is 5.10 Å². The lowest BCUT2D eigenvalue weighted by Gasteiger charge is -2.08. The first-order chi connectivity index (χ1) is 14.6. The van der Waals surface area contributed by atoms with Gasteiger partial charge >= 0.3 is 11.8 Å². The average Bonchev–Trinajstić information content (AvgIpc) is 2.77. The fourth-order valence-electron chi connectivity index (χ4n) is 2.51. The van der Waals surface area contributed by atoms with Gasteiger partial charge in [0.25, 0.3) is 0 Å². The molecule has 0 aliphatic heterocycles. The molecule has 0 bridgehead atoms. The number of carbonyl (C=O) groups is 2. The fraction of sp³-hybridized carbons (Fsp3) is 0.318. The van der Waals surface area contributed by atoms with E-state index < -0.39 is 11.8 Å². The van der Waals surface area contributed by atoms with Crippen LogP contribution in [-0.2, 0) is 9.59 Å². The zero-order valence-electron chi connectivity index (χ0n) is 17.4. The van der Waals surface area contributed by atoms with Crippen LogP contribution in [0.1, 0.15) is 31.7 Å². The van der Waals surface area contributed by atoms with Crippen LogP contribution < -0.4 is 25.0 Å². The van der Waals surface area contributed by atoms with Gasteiger partial charge < -0.3 is 19.5 Å². The molecule has 2 aromatic carbocycles. The Kier molecular flexibility index (Phi) is 9.18. The van der Waals surface area contributed by atoms with E-state index in [4.69, 9.17) is 14.2 Å². The summed E-state index contributed by atoms with van der Waals surface area (Å²) in [5, 5.41) is 6.31. The highest BCUT2D eigenvalue weighted by Gasteiger charge is 2.13. The Morgan fingerprint density at radius 3 is 2.37 bits per heavy atom. The van der Waals surface area contributed by atoms with Gasteiger partial charge in [-0.25, -0.2) is 5.43 Å². The molecule has 0 spiro atoms. The predicted octanol–water partition coefficient (Wildman–Crippen LogP) is 3.36. The summed E-state index contributed by atoms with van der Waals surface area (Å²) in [6, 6.07) is 12.0. The summed E-state index contributed by atoms with van der Waals surface area (Å²) >= 11 is 0.